The van der Waals surface area contributed by atoms with E-state index in [-0.39, 0.29) is 22.2 Å². The highest BCUT2D eigenvalue weighted by atomic mass is 16.5. The fraction of sp³-hybridized carbons (Fsp3) is 0.833. The molecule has 0 aromatic carbocycles. The zero-order valence-corrected chi connectivity index (χ0v) is 13.8. The van der Waals surface area contributed by atoms with Crippen molar-refractivity contribution >= 4 is 5.97 Å². The van der Waals surface area contributed by atoms with Gasteiger partial charge < -0.3 is 9.47 Å². The molecule has 0 radical (unpaired) electrons. The summed E-state index contributed by atoms with van der Waals surface area (Å²) in [6.07, 6.45) is 7.29. The van der Waals surface area contributed by atoms with Crippen molar-refractivity contribution in [2.45, 2.75) is 53.4 Å². The van der Waals surface area contributed by atoms with Crippen LogP contribution in [-0.2, 0) is 14.3 Å². The lowest BCUT2D eigenvalue weighted by Crippen LogP contribution is -2.47. The van der Waals surface area contributed by atoms with Crippen molar-refractivity contribution in [2.75, 3.05) is 19.8 Å². The Morgan fingerprint density at radius 1 is 1.38 bits per heavy atom. The van der Waals surface area contributed by atoms with Crippen LogP contribution in [0.1, 0.15) is 53.4 Å². The summed E-state index contributed by atoms with van der Waals surface area (Å²) in [7, 11) is 0. The van der Waals surface area contributed by atoms with Crippen LogP contribution >= 0.6 is 0 Å². The average Bonchev–Trinajstić information content (AvgIpc) is 2.63. The molecule has 0 aromatic rings. The van der Waals surface area contributed by atoms with Crippen molar-refractivity contribution in [3.63, 3.8) is 0 Å². The van der Waals surface area contributed by atoms with Gasteiger partial charge in [0.2, 0.25) is 0 Å². The molecular formula is C18H28O3. The van der Waals surface area contributed by atoms with E-state index in [1.807, 2.05) is 0 Å². The van der Waals surface area contributed by atoms with E-state index in [4.69, 9.17) is 9.47 Å². The van der Waals surface area contributed by atoms with E-state index in [9.17, 15) is 4.79 Å². The first kappa shape index (κ1) is 15.1. The van der Waals surface area contributed by atoms with Crippen LogP contribution in [0.3, 0.4) is 0 Å². The second-order valence-electron chi connectivity index (χ2n) is 8.19. The fourth-order valence-corrected chi connectivity index (χ4v) is 5.03. The van der Waals surface area contributed by atoms with E-state index in [2.05, 4.69) is 26.8 Å². The molecule has 2 aliphatic carbocycles. The lowest BCUT2D eigenvalue weighted by atomic mass is 9.50. The summed E-state index contributed by atoms with van der Waals surface area (Å²) in [6, 6.07) is 0. The van der Waals surface area contributed by atoms with Crippen LogP contribution in [-0.4, -0.2) is 25.8 Å². The Balaban J connectivity index is 2.03. The van der Waals surface area contributed by atoms with E-state index >= 15 is 0 Å². The molecule has 3 atom stereocenters. The Labute approximate surface area is 128 Å². The summed E-state index contributed by atoms with van der Waals surface area (Å²) in [5.41, 5.74) is 1.92. The molecule has 21 heavy (non-hydrogen) atoms. The summed E-state index contributed by atoms with van der Waals surface area (Å²) in [5.74, 6) is 0.398. The molecule has 4 aliphatic rings. The summed E-state index contributed by atoms with van der Waals surface area (Å²) < 4.78 is 11.5. The van der Waals surface area contributed by atoms with Crippen molar-refractivity contribution < 1.29 is 14.3 Å². The van der Waals surface area contributed by atoms with Gasteiger partial charge in [-0.1, -0.05) is 38.8 Å². The van der Waals surface area contributed by atoms with Gasteiger partial charge in [0.1, 0.15) is 6.61 Å². The van der Waals surface area contributed by atoms with Crippen molar-refractivity contribution in [3.8, 4) is 0 Å². The van der Waals surface area contributed by atoms with Crippen molar-refractivity contribution in [3.05, 3.63) is 11.6 Å². The molecule has 4 rings (SSSR count). The average molecular weight is 292 g/mol. The maximum absolute atomic E-state index is 11.2. The largest absolute Gasteiger partial charge is 0.465 e. The number of ether oxygens (including phenoxy) is 2. The van der Waals surface area contributed by atoms with Crippen LogP contribution in [0.5, 0.6) is 0 Å². The van der Waals surface area contributed by atoms with Crippen LogP contribution in [0.4, 0.5) is 0 Å². The number of rotatable bonds is 2. The Bertz CT molecular complexity index is 479. The quantitative estimate of drug-likeness (QED) is 0.574. The van der Waals surface area contributed by atoms with E-state index in [1.54, 1.807) is 5.57 Å². The number of hydrogen-bond acceptors (Lipinski definition) is 3. The van der Waals surface area contributed by atoms with Gasteiger partial charge in [-0.2, -0.15) is 0 Å². The van der Waals surface area contributed by atoms with E-state index in [0.29, 0.717) is 19.1 Å². The minimum absolute atomic E-state index is 0.116. The monoisotopic (exact) mass is 292 g/mol. The number of hydrogen-bond donors (Lipinski definition) is 0. The second-order valence-corrected chi connectivity index (χ2v) is 8.19. The number of carbonyl (C=O) groups is 1. The second kappa shape index (κ2) is 4.84. The standard InChI is InChI=1S/C18H28O3/c1-13-8-17(11-21-14(2)19)9-15-16(3,4)6-5-7-18(13,15)12-20-10-17/h9,13H,5-8,10-12H2,1-4H3. The number of fused-ring (bicyclic) bond motifs is 3. The van der Waals surface area contributed by atoms with E-state index in [0.717, 1.165) is 13.0 Å². The predicted molar refractivity (Wildman–Crippen MR) is 81.8 cm³/mol. The van der Waals surface area contributed by atoms with Gasteiger partial charge in [0.15, 0.2) is 0 Å². The fourth-order valence-electron chi connectivity index (χ4n) is 5.03. The van der Waals surface area contributed by atoms with E-state index in [1.165, 1.54) is 26.2 Å². The molecule has 2 bridgehead atoms. The van der Waals surface area contributed by atoms with Gasteiger partial charge in [0.25, 0.3) is 0 Å². The molecule has 0 N–H and O–H groups in total. The highest BCUT2D eigenvalue weighted by Crippen LogP contribution is 2.62. The zero-order chi connectivity index (χ0) is 15.3. The number of carbonyl (C=O) groups excluding carboxylic acids is 1. The van der Waals surface area contributed by atoms with Crippen LogP contribution in [0, 0.1) is 22.2 Å². The Hall–Kier alpha value is -0.830. The summed E-state index contributed by atoms with van der Waals surface area (Å²) in [5, 5.41) is 0. The lowest BCUT2D eigenvalue weighted by Gasteiger charge is -2.54. The Morgan fingerprint density at radius 3 is 2.86 bits per heavy atom. The zero-order valence-electron chi connectivity index (χ0n) is 13.8. The molecule has 1 saturated carbocycles. The van der Waals surface area contributed by atoms with Crippen LogP contribution in [0.2, 0.25) is 0 Å². The predicted octanol–water partition coefficient (Wildman–Crippen LogP) is 3.73. The molecule has 1 saturated heterocycles. The highest BCUT2D eigenvalue weighted by molar-refractivity contribution is 5.66. The van der Waals surface area contributed by atoms with Gasteiger partial charge >= 0.3 is 5.97 Å². The van der Waals surface area contributed by atoms with Crippen LogP contribution < -0.4 is 0 Å². The summed E-state index contributed by atoms with van der Waals surface area (Å²) in [4.78, 5) is 11.2. The van der Waals surface area contributed by atoms with E-state index < -0.39 is 0 Å². The summed E-state index contributed by atoms with van der Waals surface area (Å²) in [6.45, 7) is 10.6. The smallest absolute Gasteiger partial charge is 0.302 e. The molecule has 3 heteroatoms. The molecule has 3 nitrogen and oxygen atoms in total. The SMILES string of the molecule is CC(=O)OCC12C=C3C(C)(C)CCCC3(COC1)C(C)C2. The van der Waals surface area contributed by atoms with Crippen LogP contribution in [0.15, 0.2) is 11.6 Å². The van der Waals surface area contributed by atoms with Gasteiger partial charge in [-0.3, -0.25) is 4.79 Å². The normalized spacial score (nSPS) is 41.0. The third-order valence-corrected chi connectivity index (χ3v) is 6.11. The molecule has 2 heterocycles. The Morgan fingerprint density at radius 2 is 2.14 bits per heavy atom. The third kappa shape index (κ3) is 2.34. The first-order chi connectivity index (χ1) is 9.80. The van der Waals surface area contributed by atoms with Crippen molar-refractivity contribution in [1.82, 2.24) is 0 Å². The van der Waals surface area contributed by atoms with Crippen LogP contribution in [0.25, 0.3) is 0 Å². The molecular weight excluding hydrogens is 264 g/mol. The third-order valence-electron chi connectivity index (χ3n) is 6.11. The topological polar surface area (TPSA) is 35.5 Å². The molecule has 0 aromatic heterocycles. The minimum atomic E-state index is -0.195. The first-order valence-electron chi connectivity index (χ1n) is 8.25. The van der Waals surface area contributed by atoms with Gasteiger partial charge in [0.05, 0.1) is 13.2 Å². The van der Waals surface area contributed by atoms with Crippen molar-refractivity contribution in [2.24, 2.45) is 22.2 Å². The molecule has 2 fully saturated rings. The van der Waals surface area contributed by atoms with Gasteiger partial charge in [0, 0.05) is 17.8 Å². The molecule has 1 spiro atoms. The van der Waals surface area contributed by atoms with Gasteiger partial charge in [-0.25, -0.2) is 0 Å². The summed E-state index contributed by atoms with van der Waals surface area (Å²) >= 11 is 0. The Kier molecular flexibility index (Phi) is 3.47. The maximum Gasteiger partial charge on any atom is 0.302 e. The first-order valence-corrected chi connectivity index (χ1v) is 8.25. The van der Waals surface area contributed by atoms with Crippen molar-refractivity contribution in [1.29, 1.82) is 0 Å². The lowest BCUT2D eigenvalue weighted by molar-refractivity contribution is -0.144. The molecule has 3 unspecified atom stereocenters. The highest BCUT2D eigenvalue weighted by Gasteiger charge is 2.56. The van der Waals surface area contributed by atoms with Gasteiger partial charge in [-0.05, 0) is 30.6 Å². The van der Waals surface area contributed by atoms with Gasteiger partial charge in [-0.15, -0.1) is 0 Å². The number of esters is 1. The minimum Gasteiger partial charge on any atom is -0.465 e. The maximum atomic E-state index is 11.2. The molecule has 118 valence electrons. The molecule has 0 amide bonds. The molecule has 2 aliphatic heterocycles.